The highest BCUT2D eigenvalue weighted by Gasteiger charge is 2.34. The van der Waals surface area contributed by atoms with Crippen LogP contribution >= 0.6 is 0 Å². The lowest BCUT2D eigenvalue weighted by atomic mass is 9.75. The van der Waals surface area contributed by atoms with Gasteiger partial charge in [-0.2, -0.15) is 0 Å². The summed E-state index contributed by atoms with van der Waals surface area (Å²) in [6, 6.07) is 62.5. The van der Waals surface area contributed by atoms with E-state index in [1.54, 1.807) is 0 Å². The van der Waals surface area contributed by atoms with Crippen LogP contribution in [-0.4, -0.2) is 16.2 Å². The first-order valence-corrected chi connectivity index (χ1v) is 25.4. The predicted molar refractivity (Wildman–Crippen MR) is 300 cm³/mol. The third-order valence-corrected chi connectivity index (χ3v) is 15.2. The Morgan fingerprint density at radius 3 is 1.58 bits per heavy atom. The average Bonchev–Trinajstić information content (AvgIpc) is 3.89. The second-order valence-corrected chi connectivity index (χ2v) is 24.0. The molecule has 0 saturated carbocycles. The van der Waals surface area contributed by atoms with E-state index in [2.05, 4.69) is 274 Å². The quantitative estimate of drug-likeness (QED) is 0.144. The number of hydrogen-bond donors (Lipinski definition) is 0. The highest BCUT2D eigenvalue weighted by Crippen LogP contribution is 2.49. The van der Waals surface area contributed by atoms with Crippen molar-refractivity contribution in [1.29, 1.82) is 0 Å². The fraction of sp³-hybridized carbons (Fsp3) is 0.288. The van der Waals surface area contributed by atoms with Gasteiger partial charge in [0.1, 0.15) is 24.0 Å². The molecule has 0 atom stereocenters. The molecule has 5 nitrogen and oxygen atoms in total. The van der Waals surface area contributed by atoms with Gasteiger partial charge in [-0.1, -0.05) is 181 Å². The van der Waals surface area contributed by atoms with Crippen molar-refractivity contribution in [3.05, 3.63) is 215 Å². The normalized spacial score (nSPS) is 13.6. The minimum absolute atomic E-state index is 0.0118. The van der Waals surface area contributed by atoms with Gasteiger partial charge in [0.15, 0.2) is 0 Å². The number of nitrogens with zero attached hydrogens (tertiary/aromatic N) is 4. The molecule has 71 heavy (non-hydrogen) atoms. The van der Waals surface area contributed by atoms with E-state index in [9.17, 15) is 0 Å². The predicted octanol–water partition coefficient (Wildman–Crippen LogP) is 17.8. The van der Waals surface area contributed by atoms with E-state index in [-0.39, 0.29) is 27.1 Å². The van der Waals surface area contributed by atoms with Gasteiger partial charge in [0.05, 0.1) is 22.4 Å². The lowest BCUT2D eigenvalue weighted by Crippen LogP contribution is -2.26. The van der Waals surface area contributed by atoms with E-state index < -0.39 is 0 Å². The largest absolute Gasteiger partial charge is 0.457 e. The summed E-state index contributed by atoms with van der Waals surface area (Å²) in [4.78, 5) is 9.96. The summed E-state index contributed by atoms with van der Waals surface area (Å²) >= 11 is 0. The molecule has 9 aromatic rings. The lowest BCUT2D eigenvalue weighted by molar-refractivity contribution is 0.483. The number of anilines is 4. The topological polar surface area (TPSA) is 33.5 Å². The van der Waals surface area contributed by atoms with Gasteiger partial charge in [0.25, 0.3) is 0 Å². The Morgan fingerprint density at radius 1 is 0.380 bits per heavy atom. The van der Waals surface area contributed by atoms with Gasteiger partial charge in [-0.3, -0.25) is 4.57 Å². The average molecular weight is 935 g/mol. The molecule has 3 heterocycles. The highest BCUT2D eigenvalue weighted by molar-refractivity contribution is 6.09. The molecule has 0 saturated heterocycles. The van der Waals surface area contributed by atoms with Crippen LogP contribution in [0.5, 0.6) is 11.5 Å². The number of benzene rings is 7. The van der Waals surface area contributed by atoms with E-state index in [0.717, 1.165) is 39.7 Å². The fourth-order valence-electron chi connectivity index (χ4n) is 10.3. The second-order valence-electron chi connectivity index (χ2n) is 24.0. The number of pyridine rings is 1. The van der Waals surface area contributed by atoms with Crippen LogP contribution < -0.4 is 14.5 Å². The zero-order valence-corrected chi connectivity index (χ0v) is 44.1. The lowest BCUT2D eigenvalue weighted by Gasteiger charge is -2.32. The Kier molecular flexibility index (Phi) is 11.6. The van der Waals surface area contributed by atoms with Crippen LogP contribution in [0, 0.1) is 0 Å². The second kappa shape index (κ2) is 17.3. The maximum absolute atomic E-state index is 6.92. The van der Waals surface area contributed by atoms with Crippen LogP contribution in [0.1, 0.15) is 129 Å². The van der Waals surface area contributed by atoms with Crippen molar-refractivity contribution in [3.8, 4) is 17.3 Å². The number of aromatic nitrogens is 2. The maximum Gasteiger partial charge on any atom is 0.137 e. The zero-order chi connectivity index (χ0) is 50.3. The monoisotopic (exact) mass is 935 g/mol. The van der Waals surface area contributed by atoms with Crippen molar-refractivity contribution in [3.63, 3.8) is 0 Å². The molecule has 10 rings (SSSR count). The number of ether oxygens (including phenoxy) is 1. The van der Waals surface area contributed by atoms with Crippen molar-refractivity contribution < 1.29 is 4.74 Å². The molecule has 0 aliphatic carbocycles. The van der Waals surface area contributed by atoms with Crippen molar-refractivity contribution in [2.75, 3.05) is 16.5 Å². The molecule has 0 fully saturated rings. The van der Waals surface area contributed by atoms with Gasteiger partial charge >= 0.3 is 0 Å². The summed E-state index contributed by atoms with van der Waals surface area (Å²) in [6.07, 6.45) is 1.95. The van der Waals surface area contributed by atoms with Crippen molar-refractivity contribution in [1.82, 2.24) is 9.55 Å². The summed E-state index contributed by atoms with van der Waals surface area (Å²) < 4.78 is 9.24. The van der Waals surface area contributed by atoms with Crippen LogP contribution in [0.15, 0.2) is 176 Å². The summed E-state index contributed by atoms with van der Waals surface area (Å²) in [7, 11) is 0. The van der Waals surface area contributed by atoms with Crippen LogP contribution in [0.25, 0.3) is 27.6 Å². The van der Waals surface area contributed by atoms with Gasteiger partial charge in [-0.25, -0.2) is 4.98 Å². The first-order valence-electron chi connectivity index (χ1n) is 25.4. The van der Waals surface area contributed by atoms with E-state index in [1.165, 1.54) is 61.1 Å². The Hall–Kier alpha value is -7.11. The van der Waals surface area contributed by atoms with Crippen LogP contribution in [0.2, 0.25) is 0 Å². The minimum Gasteiger partial charge on any atom is -0.457 e. The molecule has 1 aliphatic heterocycles. The first kappa shape index (κ1) is 47.6. The summed E-state index contributed by atoms with van der Waals surface area (Å²) in [5.74, 6) is 2.44. The zero-order valence-electron chi connectivity index (χ0n) is 44.1. The molecule has 0 unspecified atom stereocenters. The van der Waals surface area contributed by atoms with Gasteiger partial charge in [0.2, 0.25) is 0 Å². The first-order chi connectivity index (χ1) is 33.6. The molecule has 5 heteroatoms. The van der Waals surface area contributed by atoms with E-state index in [1.807, 2.05) is 6.20 Å². The van der Waals surface area contributed by atoms with Gasteiger partial charge < -0.3 is 14.5 Å². The Morgan fingerprint density at radius 2 is 0.930 bits per heavy atom. The molecule has 0 bridgehead atoms. The third kappa shape index (κ3) is 8.90. The summed E-state index contributed by atoms with van der Waals surface area (Å²) in [6.45, 7) is 30.6. The fourth-order valence-corrected chi connectivity index (χ4v) is 10.3. The highest BCUT2D eigenvalue weighted by atomic mass is 16.5. The van der Waals surface area contributed by atoms with Gasteiger partial charge in [-0.05, 0) is 122 Å². The van der Waals surface area contributed by atoms with Gasteiger partial charge in [-0.15, -0.1) is 0 Å². The molecule has 360 valence electrons. The molecular formula is C66H70N4O. The number of fused-ring (bicyclic) bond motifs is 4. The SMILES string of the molecule is CC(C)(C)c1cc(N2CN(c3cccc(Oc4ccc5c6ccc(C(C)(C)C)cc6n(-c6cc(C(C)(C)C)ccn6)c5c4)c3)c3ccc(C(C)(C)c4ccccc4)cc32)cc(C(C)(C)c2ccccc2)c1. The smallest absolute Gasteiger partial charge is 0.137 e. The van der Waals surface area contributed by atoms with Gasteiger partial charge in [0, 0.05) is 51.3 Å². The summed E-state index contributed by atoms with van der Waals surface area (Å²) in [5, 5.41) is 2.36. The number of rotatable bonds is 9. The van der Waals surface area contributed by atoms with Crippen molar-refractivity contribution in [2.24, 2.45) is 0 Å². The number of hydrogen-bond acceptors (Lipinski definition) is 4. The molecule has 0 amide bonds. The minimum atomic E-state index is -0.220. The van der Waals surface area contributed by atoms with Crippen LogP contribution in [-0.2, 0) is 27.1 Å². The molecule has 0 radical (unpaired) electrons. The van der Waals surface area contributed by atoms with E-state index >= 15 is 0 Å². The Bertz CT molecular complexity index is 3430. The van der Waals surface area contributed by atoms with E-state index in [4.69, 9.17) is 9.72 Å². The third-order valence-electron chi connectivity index (χ3n) is 15.2. The van der Waals surface area contributed by atoms with Crippen molar-refractivity contribution in [2.45, 2.75) is 117 Å². The van der Waals surface area contributed by atoms with E-state index in [0.29, 0.717) is 6.67 Å². The standard InChI is InChI=1S/C66H70N4O/c1-62(2,3)46-27-30-55-56-31-29-54(42-59(56)70(58(55)38-46)61-40-47(33-34-67-61)63(4,5)6)71-53-26-20-25-51(41-53)68-43-69(60-39-48(28-32-57(60)68)65(10,11)44-21-16-14-17-22-44)52-36-49(64(7,8)9)35-50(37-52)66(12,13)45-23-18-15-19-24-45/h14-42H,43H2,1-13H3. The summed E-state index contributed by atoms with van der Waals surface area (Å²) in [5.41, 5.74) is 15.2. The molecule has 0 spiro atoms. The molecule has 1 aliphatic rings. The molecule has 7 aromatic carbocycles. The maximum atomic E-state index is 6.92. The van der Waals surface area contributed by atoms with Crippen molar-refractivity contribution >= 4 is 44.6 Å². The molecular weight excluding hydrogens is 865 g/mol. The van der Waals surface area contributed by atoms with Crippen LogP contribution in [0.3, 0.4) is 0 Å². The van der Waals surface area contributed by atoms with Crippen LogP contribution in [0.4, 0.5) is 22.7 Å². The Balaban J connectivity index is 1.07. The molecule has 2 aromatic heterocycles. The molecule has 0 N–H and O–H groups in total. The Labute approximate surface area is 422 Å².